The number of carbonyl (C=O) groups excluding carboxylic acids is 1. The Morgan fingerprint density at radius 1 is 1.36 bits per heavy atom. The molecule has 2 aromatic rings. The van der Waals surface area contributed by atoms with Gasteiger partial charge in [0, 0.05) is 31.1 Å². The average molecular weight is 318 g/mol. The molecule has 1 aliphatic rings. The first kappa shape index (κ1) is 15.1. The molecule has 3 rings (SSSR count). The number of hydrogen-bond donors (Lipinski definition) is 1. The van der Waals surface area contributed by atoms with Crippen molar-refractivity contribution in [3.8, 4) is 0 Å². The highest BCUT2D eigenvalue weighted by Gasteiger charge is 2.32. The van der Waals surface area contributed by atoms with Gasteiger partial charge in [-0.1, -0.05) is 0 Å². The van der Waals surface area contributed by atoms with Crippen molar-refractivity contribution in [3.63, 3.8) is 0 Å². The molecular formula is C15H18N4O2S. The summed E-state index contributed by atoms with van der Waals surface area (Å²) >= 11 is 1.32. The molecule has 0 unspecified atom stereocenters. The number of hydrogen-bond acceptors (Lipinski definition) is 6. The van der Waals surface area contributed by atoms with Crippen molar-refractivity contribution in [1.29, 1.82) is 0 Å². The third-order valence-electron chi connectivity index (χ3n) is 3.76. The summed E-state index contributed by atoms with van der Waals surface area (Å²) in [5.41, 5.74) is 2.11. The topological polar surface area (TPSA) is 77.0 Å². The van der Waals surface area contributed by atoms with Gasteiger partial charge in [-0.25, -0.2) is 9.97 Å². The molecule has 22 heavy (non-hydrogen) atoms. The lowest BCUT2D eigenvalue weighted by Gasteiger charge is -2.32. The summed E-state index contributed by atoms with van der Waals surface area (Å²) < 4.78 is 5.84. The number of nitrogens with zero attached hydrogens (tertiary/aromatic N) is 3. The Morgan fingerprint density at radius 3 is 2.82 bits per heavy atom. The highest BCUT2D eigenvalue weighted by atomic mass is 32.1. The summed E-state index contributed by atoms with van der Waals surface area (Å²) in [6.07, 6.45) is 8.22. The maximum absolute atomic E-state index is 11.8. The quantitative estimate of drug-likeness (QED) is 0.936. The predicted molar refractivity (Wildman–Crippen MR) is 82.5 cm³/mol. The molecule has 7 heteroatoms. The van der Waals surface area contributed by atoms with Crippen LogP contribution in [0.2, 0.25) is 0 Å². The van der Waals surface area contributed by atoms with Gasteiger partial charge in [-0.2, -0.15) is 0 Å². The van der Waals surface area contributed by atoms with Gasteiger partial charge in [-0.3, -0.25) is 9.78 Å². The van der Waals surface area contributed by atoms with Crippen LogP contribution in [0.15, 0.2) is 24.1 Å². The van der Waals surface area contributed by atoms with Crippen LogP contribution >= 0.6 is 11.3 Å². The second-order valence-corrected chi connectivity index (χ2v) is 6.39. The lowest BCUT2D eigenvalue weighted by atomic mass is 9.95. The molecular weight excluding hydrogens is 300 g/mol. The summed E-state index contributed by atoms with van der Waals surface area (Å²) in [4.78, 5) is 25.2. The van der Waals surface area contributed by atoms with Gasteiger partial charge in [0.15, 0.2) is 5.82 Å². The fourth-order valence-electron chi connectivity index (χ4n) is 2.43. The van der Waals surface area contributed by atoms with E-state index in [1.54, 1.807) is 24.1 Å². The molecule has 6 nitrogen and oxygen atoms in total. The van der Waals surface area contributed by atoms with Crippen LogP contribution < -0.4 is 5.32 Å². The Labute approximate surface area is 133 Å². The third-order valence-corrected chi connectivity index (χ3v) is 4.53. The molecule has 0 bridgehead atoms. The molecule has 0 radical (unpaired) electrons. The number of aromatic nitrogens is 3. The van der Waals surface area contributed by atoms with E-state index >= 15 is 0 Å². The second-order valence-electron chi connectivity index (χ2n) is 5.50. The van der Waals surface area contributed by atoms with Crippen LogP contribution in [0.5, 0.6) is 0 Å². The van der Waals surface area contributed by atoms with Crippen LogP contribution in [0.3, 0.4) is 0 Å². The SMILES string of the molecule is C[C@]1(c2ncc(CNC(=O)c3cncs3)cn2)CCCCO1. The molecule has 1 aliphatic heterocycles. The molecule has 0 saturated carbocycles. The largest absolute Gasteiger partial charge is 0.367 e. The van der Waals surface area contributed by atoms with Crippen molar-refractivity contribution in [1.82, 2.24) is 20.3 Å². The van der Waals surface area contributed by atoms with E-state index in [-0.39, 0.29) is 11.5 Å². The van der Waals surface area contributed by atoms with Crippen LogP contribution in [-0.4, -0.2) is 27.5 Å². The van der Waals surface area contributed by atoms with E-state index in [0.29, 0.717) is 17.2 Å². The molecule has 1 saturated heterocycles. The van der Waals surface area contributed by atoms with E-state index in [4.69, 9.17) is 4.74 Å². The monoisotopic (exact) mass is 318 g/mol. The zero-order chi connectivity index (χ0) is 15.4. The van der Waals surface area contributed by atoms with Crippen molar-refractivity contribution in [3.05, 3.63) is 40.4 Å². The second kappa shape index (κ2) is 6.50. The van der Waals surface area contributed by atoms with Gasteiger partial charge in [-0.15, -0.1) is 11.3 Å². The van der Waals surface area contributed by atoms with E-state index < -0.39 is 0 Å². The fraction of sp³-hybridized carbons (Fsp3) is 0.467. The summed E-state index contributed by atoms with van der Waals surface area (Å²) in [7, 11) is 0. The summed E-state index contributed by atoms with van der Waals surface area (Å²) in [6.45, 7) is 3.19. The molecule has 116 valence electrons. The van der Waals surface area contributed by atoms with E-state index in [0.717, 1.165) is 31.4 Å². The Bertz CT molecular complexity index is 622. The van der Waals surface area contributed by atoms with Gasteiger partial charge < -0.3 is 10.1 Å². The zero-order valence-corrected chi connectivity index (χ0v) is 13.2. The molecule has 1 N–H and O–H groups in total. The molecule has 1 fully saturated rings. The van der Waals surface area contributed by atoms with Crippen molar-refractivity contribution in [2.75, 3.05) is 6.61 Å². The van der Waals surface area contributed by atoms with Gasteiger partial charge in [0.2, 0.25) is 0 Å². The van der Waals surface area contributed by atoms with Crippen LogP contribution in [0, 0.1) is 0 Å². The van der Waals surface area contributed by atoms with E-state index in [1.165, 1.54) is 11.3 Å². The number of carbonyl (C=O) groups is 1. The highest BCUT2D eigenvalue weighted by Crippen LogP contribution is 2.32. The molecule has 0 aliphatic carbocycles. The first-order valence-electron chi connectivity index (χ1n) is 7.29. The highest BCUT2D eigenvalue weighted by molar-refractivity contribution is 7.11. The molecule has 3 heterocycles. The van der Waals surface area contributed by atoms with Gasteiger partial charge in [0.25, 0.3) is 5.91 Å². The van der Waals surface area contributed by atoms with Crippen molar-refractivity contribution in [2.24, 2.45) is 0 Å². The van der Waals surface area contributed by atoms with Gasteiger partial charge >= 0.3 is 0 Å². The average Bonchev–Trinajstić information content (AvgIpc) is 3.08. The molecule has 2 aromatic heterocycles. The van der Waals surface area contributed by atoms with Crippen molar-refractivity contribution < 1.29 is 9.53 Å². The number of ether oxygens (including phenoxy) is 1. The van der Waals surface area contributed by atoms with E-state index in [9.17, 15) is 4.79 Å². The lowest BCUT2D eigenvalue weighted by molar-refractivity contribution is -0.0760. The van der Waals surface area contributed by atoms with Crippen LogP contribution in [0.1, 0.15) is 47.2 Å². The first-order chi connectivity index (χ1) is 10.7. The normalized spacial score (nSPS) is 21.5. The number of thiazole rings is 1. The zero-order valence-electron chi connectivity index (χ0n) is 12.4. The summed E-state index contributed by atoms with van der Waals surface area (Å²) in [5.74, 6) is 0.582. The van der Waals surface area contributed by atoms with Crippen LogP contribution in [0.25, 0.3) is 0 Å². The maximum atomic E-state index is 11.8. The number of amides is 1. The maximum Gasteiger partial charge on any atom is 0.263 e. The van der Waals surface area contributed by atoms with Gasteiger partial charge in [0.1, 0.15) is 10.5 Å². The Hall–Kier alpha value is -1.86. The molecule has 1 atom stereocenters. The van der Waals surface area contributed by atoms with Crippen molar-refractivity contribution >= 4 is 17.2 Å². The third kappa shape index (κ3) is 3.31. The summed E-state index contributed by atoms with van der Waals surface area (Å²) in [5, 5.41) is 2.83. The molecule has 1 amide bonds. The van der Waals surface area contributed by atoms with Crippen LogP contribution in [-0.2, 0) is 16.9 Å². The van der Waals surface area contributed by atoms with Gasteiger partial charge in [-0.05, 0) is 26.2 Å². The van der Waals surface area contributed by atoms with Gasteiger partial charge in [0.05, 0.1) is 11.7 Å². The Morgan fingerprint density at radius 2 is 2.18 bits per heavy atom. The van der Waals surface area contributed by atoms with E-state index in [2.05, 4.69) is 20.3 Å². The number of rotatable bonds is 4. The minimum absolute atomic E-state index is 0.130. The lowest BCUT2D eigenvalue weighted by Crippen LogP contribution is -2.32. The van der Waals surface area contributed by atoms with E-state index in [1.807, 2.05) is 6.92 Å². The van der Waals surface area contributed by atoms with Crippen LogP contribution in [0.4, 0.5) is 0 Å². The Balaban J connectivity index is 1.61. The molecule has 0 spiro atoms. The standard InChI is InChI=1S/C15H18N4O2S/c1-15(4-2-3-5-21-15)14-18-7-11(8-19-14)6-17-13(20)12-9-16-10-22-12/h7-10H,2-6H2,1H3,(H,17,20)/t15-/m1/s1. The molecule has 0 aromatic carbocycles. The summed E-state index contributed by atoms with van der Waals surface area (Å²) in [6, 6.07) is 0. The predicted octanol–water partition coefficient (Wildman–Crippen LogP) is 2.28. The fourth-order valence-corrected chi connectivity index (χ4v) is 2.96. The Kier molecular flexibility index (Phi) is 4.44. The minimum atomic E-state index is -0.386. The van der Waals surface area contributed by atoms with Crippen molar-refractivity contribution in [2.45, 2.75) is 38.3 Å². The number of nitrogens with one attached hydrogen (secondary N) is 1. The smallest absolute Gasteiger partial charge is 0.263 e. The first-order valence-corrected chi connectivity index (χ1v) is 8.17. The minimum Gasteiger partial charge on any atom is -0.367 e.